The highest BCUT2D eigenvalue weighted by Gasteiger charge is 2.33. The van der Waals surface area contributed by atoms with Gasteiger partial charge < -0.3 is 5.11 Å². The maximum Gasteiger partial charge on any atom is 0.407 e. The fourth-order valence-electron chi connectivity index (χ4n) is 5.46. The Balaban J connectivity index is 1.40. The van der Waals surface area contributed by atoms with Crippen molar-refractivity contribution < 1.29 is 9.90 Å². The average Bonchev–Trinajstić information content (AvgIpc) is 2.90. The van der Waals surface area contributed by atoms with Gasteiger partial charge in [-0.25, -0.2) is 4.79 Å². The fourth-order valence-corrected chi connectivity index (χ4v) is 5.46. The van der Waals surface area contributed by atoms with Crippen molar-refractivity contribution in [3.63, 3.8) is 0 Å². The van der Waals surface area contributed by atoms with Crippen molar-refractivity contribution in [2.24, 2.45) is 0 Å². The van der Waals surface area contributed by atoms with Gasteiger partial charge >= 0.3 is 6.09 Å². The van der Waals surface area contributed by atoms with Crippen LogP contribution in [0.25, 0.3) is 10.9 Å². The van der Waals surface area contributed by atoms with Crippen LogP contribution in [0.15, 0.2) is 60.8 Å². The Kier molecular flexibility index (Phi) is 7.47. The molecule has 0 saturated carbocycles. The number of hydrogen-bond acceptors (Lipinski definition) is 5. The molecule has 36 heavy (non-hydrogen) atoms. The summed E-state index contributed by atoms with van der Waals surface area (Å²) >= 11 is 0. The van der Waals surface area contributed by atoms with Gasteiger partial charge in [-0.1, -0.05) is 54.5 Å². The molecule has 1 aromatic heterocycles. The summed E-state index contributed by atoms with van der Waals surface area (Å²) in [5, 5.41) is 11.1. The Labute approximate surface area is 212 Å². The highest BCUT2D eigenvalue weighted by molar-refractivity contribution is 5.86. The molecule has 2 saturated heterocycles. The number of benzene rings is 2. The fraction of sp³-hybridized carbons (Fsp3) is 0.379. The van der Waals surface area contributed by atoms with E-state index in [1.165, 1.54) is 11.1 Å². The second-order valence-electron chi connectivity index (χ2n) is 9.68. The summed E-state index contributed by atoms with van der Waals surface area (Å²) in [5.41, 5.74) is 4.35. The van der Waals surface area contributed by atoms with Crippen LogP contribution in [0.4, 0.5) is 4.79 Å². The van der Waals surface area contributed by atoms with Crippen LogP contribution < -0.4 is 0 Å². The zero-order valence-electron chi connectivity index (χ0n) is 20.6. The Bertz CT molecular complexity index is 1230. The minimum Gasteiger partial charge on any atom is -0.465 e. The van der Waals surface area contributed by atoms with Crippen LogP contribution >= 0.6 is 0 Å². The predicted molar refractivity (Wildman–Crippen MR) is 141 cm³/mol. The first-order chi connectivity index (χ1) is 17.6. The number of amides is 1. The van der Waals surface area contributed by atoms with Gasteiger partial charge in [-0.15, -0.1) is 6.42 Å². The molecule has 2 fully saturated rings. The third-order valence-corrected chi connectivity index (χ3v) is 7.38. The minimum atomic E-state index is -0.877. The van der Waals surface area contributed by atoms with E-state index in [0.29, 0.717) is 26.2 Å². The summed E-state index contributed by atoms with van der Waals surface area (Å²) < 4.78 is 0. The normalized spacial score (nSPS) is 19.9. The Morgan fingerprint density at radius 1 is 0.917 bits per heavy atom. The SMILES string of the molecule is C#CCN1CCN(Cc2ccc(C3CN(Cc4ccccc4)CCN3C(=O)O)c3ncccc23)CC1. The first-order valence-electron chi connectivity index (χ1n) is 12.6. The van der Waals surface area contributed by atoms with Gasteiger partial charge in [-0.05, 0) is 17.2 Å². The molecule has 3 heterocycles. The summed E-state index contributed by atoms with van der Waals surface area (Å²) in [4.78, 5) is 25.7. The maximum absolute atomic E-state index is 12.2. The second-order valence-corrected chi connectivity index (χ2v) is 9.68. The number of rotatable bonds is 6. The first kappa shape index (κ1) is 24.3. The van der Waals surface area contributed by atoms with Gasteiger partial charge in [0.05, 0.1) is 18.1 Å². The molecule has 2 aromatic carbocycles. The van der Waals surface area contributed by atoms with Crippen molar-refractivity contribution in [2.45, 2.75) is 19.1 Å². The van der Waals surface area contributed by atoms with Gasteiger partial charge in [-0.2, -0.15) is 0 Å². The van der Waals surface area contributed by atoms with Crippen molar-refractivity contribution >= 4 is 17.0 Å². The number of carboxylic acid groups (broad SMARTS) is 1. The van der Waals surface area contributed by atoms with Gasteiger partial charge in [0.25, 0.3) is 0 Å². The highest BCUT2D eigenvalue weighted by Crippen LogP contribution is 2.33. The van der Waals surface area contributed by atoms with E-state index in [1.54, 1.807) is 4.90 Å². The summed E-state index contributed by atoms with van der Waals surface area (Å²) in [6.45, 7) is 8.11. The van der Waals surface area contributed by atoms with Crippen molar-refractivity contribution in [1.82, 2.24) is 24.6 Å². The minimum absolute atomic E-state index is 0.265. The molecule has 2 aliphatic rings. The molecule has 1 N–H and O–H groups in total. The zero-order valence-corrected chi connectivity index (χ0v) is 20.6. The number of terminal acetylenes is 1. The van der Waals surface area contributed by atoms with E-state index < -0.39 is 6.09 Å². The van der Waals surface area contributed by atoms with E-state index >= 15 is 0 Å². The van der Waals surface area contributed by atoms with E-state index in [1.807, 2.05) is 30.5 Å². The van der Waals surface area contributed by atoms with Crippen molar-refractivity contribution in [3.8, 4) is 12.3 Å². The molecule has 7 nitrogen and oxygen atoms in total. The van der Waals surface area contributed by atoms with E-state index in [0.717, 1.165) is 55.7 Å². The zero-order chi connectivity index (χ0) is 24.9. The van der Waals surface area contributed by atoms with E-state index in [9.17, 15) is 9.90 Å². The Morgan fingerprint density at radius 3 is 2.42 bits per heavy atom. The Morgan fingerprint density at radius 2 is 1.67 bits per heavy atom. The second kappa shape index (κ2) is 11.1. The molecule has 5 rings (SSSR count). The van der Waals surface area contributed by atoms with E-state index in [2.05, 4.69) is 51.0 Å². The highest BCUT2D eigenvalue weighted by atomic mass is 16.4. The lowest BCUT2D eigenvalue weighted by molar-refractivity contribution is 0.0645. The molecule has 2 aliphatic heterocycles. The lowest BCUT2D eigenvalue weighted by atomic mass is 9.96. The summed E-state index contributed by atoms with van der Waals surface area (Å²) in [6, 6.07) is 18.5. The number of carbonyl (C=O) groups is 1. The van der Waals surface area contributed by atoms with Crippen molar-refractivity contribution in [2.75, 3.05) is 52.4 Å². The van der Waals surface area contributed by atoms with Crippen LogP contribution in [0.1, 0.15) is 22.7 Å². The van der Waals surface area contributed by atoms with Crippen molar-refractivity contribution in [3.05, 3.63) is 77.5 Å². The van der Waals surface area contributed by atoms with Crippen LogP contribution in [0, 0.1) is 12.3 Å². The molecule has 1 atom stereocenters. The largest absolute Gasteiger partial charge is 0.465 e. The van der Waals surface area contributed by atoms with Gasteiger partial charge in [0.2, 0.25) is 0 Å². The number of fused-ring (bicyclic) bond motifs is 1. The lowest BCUT2D eigenvalue weighted by Crippen LogP contribution is -2.50. The molecule has 0 radical (unpaired) electrons. The standard InChI is InChI=1S/C29H33N5O2/c1-2-13-31-14-16-32(17-15-31)21-24-10-11-26(28-25(24)9-6-12-30-28)27-22-33(18-19-34(27)29(35)36)20-23-7-4-3-5-8-23/h1,3-12,27H,13-22H2,(H,35,36). The van der Waals surface area contributed by atoms with E-state index in [4.69, 9.17) is 11.4 Å². The lowest BCUT2D eigenvalue weighted by Gasteiger charge is -2.40. The summed E-state index contributed by atoms with van der Waals surface area (Å²) in [6.07, 6.45) is 6.41. The summed E-state index contributed by atoms with van der Waals surface area (Å²) in [5.74, 6) is 2.74. The monoisotopic (exact) mass is 483 g/mol. The molecular formula is C29H33N5O2. The topological polar surface area (TPSA) is 63.2 Å². The number of aromatic nitrogens is 1. The van der Waals surface area contributed by atoms with E-state index in [-0.39, 0.29) is 6.04 Å². The Hall–Kier alpha value is -3.44. The maximum atomic E-state index is 12.2. The predicted octanol–water partition coefficient (Wildman–Crippen LogP) is 3.52. The van der Waals surface area contributed by atoms with Crippen LogP contribution in [-0.2, 0) is 13.1 Å². The number of nitrogens with zero attached hydrogens (tertiary/aromatic N) is 5. The smallest absolute Gasteiger partial charge is 0.407 e. The van der Waals surface area contributed by atoms with Gasteiger partial charge in [0.15, 0.2) is 0 Å². The number of piperazine rings is 2. The van der Waals surface area contributed by atoms with Gasteiger partial charge in [-0.3, -0.25) is 24.6 Å². The average molecular weight is 484 g/mol. The van der Waals surface area contributed by atoms with Gasteiger partial charge in [0.1, 0.15) is 0 Å². The van der Waals surface area contributed by atoms with Crippen molar-refractivity contribution in [1.29, 1.82) is 0 Å². The summed E-state index contributed by atoms with van der Waals surface area (Å²) in [7, 11) is 0. The quantitative estimate of drug-likeness (QED) is 0.542. The molecule has 0 bridgehead atoms. The molecule has 3 aromatic rings. The third-order valence-electron chi connectivity index (χ3n) is 7.38. The molecule has 186 valence electrons. The molecule has 1 amide bonds. The molecule has 0 spiro atoms. The number of hydrogen-bond donors (Lipinski definition) is 1. The molecule has 7 heteroatoms. The molecule has 1 unspecified atom stereocenters. The first-order valence-corrected chi connectivity index (χ1v) is 12.6. The van der Waals surface area contributed by atoms with Crippen LogP contribution in [0.3, 0.4) is 0 Å². The van der Waals surface area contributed by atoms with Gasteiger partial charge in [0, 0.05) is 76.0 Å². The van der Waals surface area contributed by atoms with Crippen LogP contribution in [-0.4, -0.2) is 88.1 Å². The van der Waals surface area contributed by atoms with Crippen LogP contribution in [0.2, 0.25) is 0 Å². The molecular weight excluding hydrogens is 450 g/mol. The molecule has 0 aliphatic carbocycles. The van der Waals surface area contributed by atoms with Crippen LogP contribution in [0.5, 0.6) is 0 Å². The third kappa shape index (κ3) is 5.36. The number of pyridine rings is 1.